The smallest absolute Gasteiger partial charge is 0.247 e. The van der Waals surface area contributed by atoms with E-state index in [2.05, 4.69) is 36.7 Å². The molecule has 98 valence electrons. The molecule has 0 aliphatic rings. The van der Waals surface area contributed by atoms with E-state index >= 15 is 0 Å². The maximum atomic E-state index is 11.6. The lowest BCUT2D eigenvalue weighted by molar-refractivity contribution is -0.120. The van der Waals surface area contributed by atoms with Gasteiger partial charge in [-0.3, -0.25) is 4.79 Å². The number of nitrogen functional groups attached to an aromatic ring is 1. The molecule has 0 unspecified atom stereocenters. The zero-order chi connectivity index (χ0) is 13.7. The van der Waals surface area contributed by atoms with Gasteiger partial charge in [-0.15, -0.1) is 10.2 Å². The summed E-state index contributed by atoms with van der Waals surface area (Å²) < 4.78 is 0.907. The van der Waals surface area contributed by atoms with E-state index in [1.165, 1.54) is 11.3 Å². The third-order valence-corrected chi connectivity index (χ3v) is 3.57. The first kappa shape index (κ1) is 13.6. The standard InChI is InChI=1S/C11H10BrN5OS/c12-8-4-2-1-3-7(8)6-14-15-9(18)5-10-16-17-11(13)19-10/h1-4,6H,5H2,(H2,13,17)(H,15,18)/b14-6+. The number of nitrogens with zero attached hydrogens (tertiary/aromatic N) is 3. The number of hydrazone groups is 1. The molecule has 0 saturated carbocycles. The largest absolute Gasteiger partial charge is 0.374 e. The number of nitrogens with two attached hydrogens (primary N) is 1. The molecule has 2 rings (SSSR count). The molecule has 0 saturated heterocycles. The number of benzene rings is 1. The van der Waals surface area contributed by atoms with Gasteiger partial charge in [-0.1, -0.05) is 45.5 Å². The van der Waals surface area contributed by atoms with E-state index in [1.807, 2.05) is 24.3 Å². The average Bonchev–Trinajstić information content (AvgIpc) is 2.77. The molecule has 0 bridgehead atoms. The zero-order valence-corrected chi connectivity index (χ0v) is 12.1. The van der Waals surface area contributed by atoms with E-state index in [0.29, 0.717) is 10.1 Å². The van der Waals surface area contributed by atoms with Crippen LogP contribution in [0.25, 0.3) is 0 Å². The van der Waals surface area contributed by atoms with Crippen LogP contribution in [0.4, 0.5) is 5.13 Å². The summed E-state index contributed by atoms with van der Waals surface area (Å²) in [6.45, 7) is 0. The molecule has 1 heterocycles. The molecule has 0 radical (unpaired) electrons. The van der Waals surface area contributed by atoms with Gasteiger partial charge < -0.3 is 5.73 Å². The van der Waals surface area contributed by atoms with Gasteiger partial charge in [0.1, 0.15) is 5.01 Å². The molecule has 1 aromatic heterocycles. The highest BCUT2D eigenvalue weighted by molar-refractivity contribution is 9.10. The molecule has 19 heavy (non-hydrogen) atoms. The minimum absolute atomic E-state index is 0.113. The first-order valence-corrected chi connectivity index (χ1v) is 6.90. The summed E-state index contributed by atoms with van der Waals surface area (Å²) in [5.74, 6) is -0.264. The molecule has 8 heteroatoms. The van der Waals surface area contributed by atoms with E-state index < -0.39 is 0 Å². The van der Waals surface area contributed by atoms with Gasteiger partial charge in [0.05, 0.1) is 12.6 Å². The highest BCUT2D eigenvalue weighted by Gasteiger charge is 2.06. The second kappa shape index (κ2) is 6.39. The number of amides is 1. The van der Waals surface area contributed by atoms with Crippen LogP contribution in [0.3, 0.4) is 0 Å². The normalized spacial score (nSPS) is 10.8. The van der Waals surface area contributed by atoms with Crippen LogP contribution in [-0.2, 0) is 11.2 Å². The fourth-order valence-electron chi connectivity index (χ4n) is 1.27. The number of hydrogen-bond donors (Lipinski definition) is 2. The Kier molecular flexibility index (Phi) is 4.58. The van der Waals surface area contributed by atoms with Crippen LogP contribution in [-0.4, -0.2) is 22.3 Å². The van der Waals surface area contributed by atoms with E-state index in [4.69, 9.17) is 5.73 Å². The van der Waals surface area contributed by atoms with Crippen molar-refractivity contribution in [1.29, 1.82) is 0 Å². The Hall–Kier alpha value is -1.80. The van der Waals surface area contributed by atoms with Gasteiger partial charge in [0.2, 0.25) is 11.0 Å². The summed E-state index contributed by atoms with van der Waals surface area (Å²) >= 11 is 4.57. The number of carbonyl (C=O) groups is 1. The quantitative estimate of drug-likeness (QED) is 0.653. The second-order valence-electron chi connectivity index (χ2n) is 3.53. The molecule has 1 amide bonds. The highest BCUT2D eigenvalue weighted by atomic mass is 79.9. The maximum Gasteiger partial charge on any atom is 0.247 e. The van der Waals surface area contributed by atoms with Crippen LogP contribution < -0.4 is 11.2 Å². The van der Waals surface area contributed by atoms with Gasteiger partial charge in [-0.2, -0.15) is 5.10 Å². The third kappa shape index (κ3) is 4.11. The molecule has 0 aliphatic heterocycles. The molecule has 0 spiro atoms. The van der Waals surface area contributed by atoms with Gasteiger partial charge in [-0.05, 0) is 6.07 Å². The minimum atomic E-state index is -0.264. The average molecular weight is 340 g/mol. The minimum Gasteiger partial charge on any atom is -0.374 e. The molecular weight excluding hydrogens is 330 g/mol. The lowest BCUT2D eigenvalue weighted by Crippen LogP contribution is -2.19. The molecule has 0 atom stereocenters. The molecular formula is C11H10BrN5OS. The molecule has 1 aromatic carbocycles. The molecule has 2 aromatic rings. The Morgan fingerprint density at radius 2 is 2.26 bits per heavy atom. The zero-order valence-electron chi connectivity index (χ0n) is 9.71. The fourth-order valence-corrected chi connectivity index (χ4v) is 2.26. The predicted octanol–water partition coefficient (Wildman–Crippen LogP) is 1.58. The number of rotatable bonds is 4. The van der Waals surface area contributed by atoms with Crippen LogP contribution in [0.1, 0.15) is 10.6 Å². The topological polar surface area (TPSA) is 93.3 Å². The first-order valence-electron chi connectivity index (χ1n) is 5.29. The van der Waals surface area contributed by atoms with Gasteiger partial charge in [0.25, 0.3) is 0 Å². The Morgan fingerprint density at radius 3 is 2.95 bits per heavy atom. The van der Waals surface area contributed by atoms with E-state index in [9.17, 15) is 4.79 Å². The summed E-state index contributed by atoms with van der Waals surface area (Å²) in [5.41, 5.74) is 8.73. The Balaban J connectivity index is 1.88. The maximum absolute atomic E-state index is 11.6. The SMILES string of the molecule is Nc1nnc(CC(=O)N/N=C/c2ccccc2Br)s1. The fraction of sp³-hybridized carbons (Fsp3) is 0.0909. The Labute approximate surface area is 121 Å². The van der Waals surface area contributed by atoms with Crippen molar-refractivity contribution in [3.8, 4) is 0 Å². The van der Waals surface area contributed by atoms with Gasteiger partial charge in [-0.25, -0.2) is 5.43 Å². The van der Waals surface area contributed by atoms with Crippen LogP contribution in [0, 0.1) is 0 Å². The molecule has 0 fully saturated rings. The molecule has 3 N–H and O–H groups in total. The van der Waals surface area contributed by atoms with Crippen molar-refractivity contribution < 1.29 is 4.79 Å². The molecule has 6 nitrogen and oxygen atoms in total. The summed E-state index contributed by atoms with van der Waals surface area (Å²) in [7, 11) is 0. The number of hydrogen-bond acceptors (Lipinski definition) is 6. The van der Waals surface area contributed by atoms with Crippen LogP contribution >= 0.6 is 27.3 Å². The van der Waals surface area contributed by atoms with Crippen molar-refractivity contribution in [2.75, 3.05) is 5.73 Å². The molecule has 0 aliphatic carbocycles. The Bertz CT molecular complexity index is 613. The number of aromatic nitrogens is 2. The first-order chi connectivity index (χ1) is 9.15. The van der Waals surface area contributed by atoms with E-state index in [-0.39, 0.29) is 12.3 Å². The number of anilines is 1. The lowest BCUT2D eigenvalue weighted by Gasteiger charge is -1.98. The van der Waals surface area contributed by atoms with Crippen molar-refractivity contribution in [3.63, 3.8) is 0 Å². The monoisotopic (exact) mass is 339 g/mol. The summed E-state index contributed by atoms with van der Waals surface area (Å²) in [5, 5.41) is 12.2. The van der Waals surface area contributed by atoms with Crippen LogP contribution in [0.15, 0.2) is 33.8 Å². The van der Waals surface area contributed by atoms with Crippen molar-refractivity contribution in [2.45, 2.75) is 6.42 Å². The number of carbonyl (C=O) groups excluding carboxylic acids is 1. The lowest BCUT2D eigenvalue weighted by atomic mass is 10.2. The summed E-state index contributed by atoms with van der Waals surface area (Å²) in [6.07, 6.45) is 1.68. The van der Waals surface area contributed by atoms with Gasteiger partial charge in [0.15, 0.2) is 0 Å². The number of halogens is 1. The van der Waals surface area contributed by atoms with Crippen LogP contribution in [0.2, 0.25) is 0 Å². The number of nitrogens with one attached hydrogen (secondary N) is 1. The van der Waals surface area contributed by atoms with Crippen molar-refractivity contribution >= 4 is 44.5 Å². The Morgan fingerprint density at radius 1 is 1.47 bits per heavy atom. The second-order valence-corrected chi connectivity index (χ2v) is 5.47. The predicted molar refractivity (Wildman–Crippen MR) is 77.9 cm³/mol. The van der Waals surface area contributed by atoms with E-state index in [1.54, 1.807) is 6.21 Å². The third-order valence-electron chi connectivity index (χ3n) is 2.09. The van der Waals surface area contributed by atoms with Gasteiger partial charge in [0, 0.05) is 10.0 Å². The van der Waals surface area contributed by atoms with Gasteiger partial charge >= 0.3 is 0 Å². The summed E-state index contributed by atoms with van der Waals surface area (Å²) in [6, 6.07) is 7.57. The van der Waals surface area contributed by atoms with E-state index in [0.717, 1.165) is 10.0 Å². The summed E-state index contributed by atoms with van der Waals surface area (Å²) in [4.78, 5) is 11.6. The van der Waals surface area contributed by atoms with Crippen LogP contribution in [0.5, 0.6) is 0 Å². The van der Waals surface area contributed by atoms with Crippen molar-refractivity contribution in [3.05, 3.63) is 39.3 Å². The van der Waals surface area contributed by atoms with Crippen molar-refractivity contribution in [1.82, 2.24) is 15.6 Å². The highest BCUT2D eigenvalue weighted by Crippen LogP contribution is 2.13. The van der Waals surface area contributed by atoms with Crippen molar-refractivity contribution in [2.24, 2.45) is 5.10 Å².